The Morgan fingerprint density at radius 1 is 1.50 bits per heavy atom. The summed E-state index contributed by atoms with van der Waals surface area (Å²) in [5.41, 5.74) is 1.79. The number of carbonyl (C=O) groups excluding carboxylic acids is 1. The number of carbonyl (C=O) groups is 1. The molecule has 7 heteroatoms. The molecule has 7 nitrogen and oxygen atoms in total. The van der Waals surface area contributed by atoms with Gasteiger partial charge in [-0.2, -0.15) is 10.4 Å². The SMILES string of the molecule is [C-]#[N+]c1c(NC(=O)OC(C)(C)C)nn2c3c(ccc12)C(C#N)CC3(C)C. The lowest BCUT2D eigenvalue weighted by Gasteiger charge is -2.20. The number of rotatable bonds is 1. The van der Waals surface area contributed by atoms with E-state index in [0.29, 0.717) is 11.9 Å². The molecule has 3 rings (SSSR count). The van der Waals surface area contributed by atoms with E-state index in [-0.39, 0.29) is 22.8 Å². The third-order valence-electron chi connectivity index (χ3n) is 4.42. The summed E-state index contributed by atoms with van der Waals surface area (Å²) >= 11 is 0. The van der Waals surface area contributed by atoms with Crippen LogP contribution in [0.3, 0.4) is 0 Å². The summed E-state index contributed by atoms with van der Waals surface area (Å²) in [5, 5.41) is 16.5. The number of nitrogens with one attached hydrogen (secondary N) is 1. The zero-order chi connectivity index (χ0) is 19.3. The molecule has 1 atom stereocenters. The molecule has 0 bridgehead atoms. The highest BCUT2D eigenvalue weighted by molar-refractivity contribution is 5.94. The topological polar surface area (TPSA) is 83.8 Å². The van der Waals surface area contributed by atoms with E-state index >= 15 is 0 Å². The molecule has 0 aliphatic heterocycles. The summed E-state index contributed by atoms with van der Waals surface area (Å²) in [7, 11) is 0. The molecule has 1 unspecified atom stereocenters. The monoisotopic (exact) mass is 351 g/mol. The highest BCUT2D eigenvalue weighted by Crippen LogP contribution is 2.47. The molecule has 134 valence electrons. The van der Waals surface area contributed by atoms with Gasteiger partial charge in [-0.05, 0) is 38.8 Å². The molecule has 0 radical (unpaired) electrons. The largest absolute Gasteiger partial charge is 0.444 e. The van der Waals surface area contributed by atoms with E-state index in [1.54, 1.807) is 31.4 Å². The van der Waals surface area contributed by atoms with Crippen molar-refractivity contribution >= 4 is 23.1 Å². The maximum atomic E-state index is 12.1. The van der Waals surface area contributed by atoms with Crippen molar-refractivity contribution in [2.75, 3.05) is 5.32 Å². The van der Waals surface area contributed by atoms with Crippen LogP contribution in [0.15, 0.2) is 12.1 Å². The highest BCUT2D eigenvalue weighted by Gasteiger charge is 2.40. The maximum absolute atomic E-state index is 12.1. The van der Waals surface area contributed by atoms with Gasteiger partial charge in [0.2, 0.25) is 0 Å². The van der Waals surface area contributed by atoms with Crippen molar-refractivity contribution < 1.29 is 9.53 Å². The van der Waals surface area contributed by atoms with Gasteiger partial charge in [-0.1, -0.05) is 19.9 Å². The van der Waals surface area contributed by atoms with Crippen molar-refractivity contribution in [2.45, 2.75) is 58.0 Å². The number of ether oxygens (including phenoxy) is 1. The van der Waals surface area contributed by atoms with E-state index in [4.69, 9.17) is 11.3 Å². The predicted octanol–water partition coefficient (Wildman–Crippen LogP) is 4.52. The molecule has 26 heavy (non-hydrogen) atoms. The number of nitrogens with zero attached hydrogens (tertiary/aromatic N) is 4. The molecule has 0 saturated carbocycles. The molecule has 1 N–H and O–H groups in total. The van der Waals surface area contributed by atoms with Gasteiger partial charge in [-0.25, -0.2) is 14.2 Å². The molecule has 0 spiro atoms. The van der Waals surface area contributed by atoms with Crippen LogP contribution in [0.2, 0.25) is 0 Å². The summed E-state index contributed by atoms with van der Waals surface area (Å²) in [6.45, 7) is 16.9. The van der Waals surface area contributed by atoms with E-state index < -0.39 is 11.7 Å². The Hall–Kier alpha value is -3.06. The van der Waals surface area contributed by atoms with Crippen molar-refractivity contribution in [3.8, 4) is 6.07 Å². The fourth-order valence-electron chi connectivity index (χ4n) is 3.50. The minimum absolute atomic E-state index is 0.166. The fraction of sp³-hybridized carbons (Fsp3) is 0.474. The second-order valence-electron chi connectivity index (χ2n) is 8.14. The summed E-state index contributed by atoms with van der Waals surface area (Å²) in [5.74, 6) is -0.0360. The number of hydrogen-bond donors (Lipinski definition) is 1. The normalized spacial score (nSPS) is 18.0. The van der Waals surface area contributed by atoms with E-state index in [1.165, 1.54) is 0 Å². The van der Waals surface area contributed by atoms with Crippen LogP contribution in [0.1, 0.15) is 58.2 Å². The molecular weight excluding hydrogens is 330 g/mol. The third kappa shape index (κ3) is 2.86. The first kappa shape index (κ1) is 17.8. The van der Waals surface area contributed by atoms with Crippen LogP contribution in [0.5, 0.6) is 0 Å². The number of hydrogen-bond acceptors (Lipinski definition) is 4. The van der Waals surface area contributed by atoms with Gasteiger partial charge in [-0.15, -0.1) is 0 Å². The minimum atomic E-state index is -0.656. The molecule has 1 aliphatic carbocycles. The molecule has 1 aliphatic rings. The van der Waals surface area contributed by atoms with Crippen LogP contribution in [-0.4, -0.2) is 21.3 Å². The van der Waals surface area contributed by atoms with E-state index in [0.717, 1.165) is 11.3 Å². The van der Waals surface area contributed by atoms with Crippen LogP contribution < -0.4 is 5.32 Å². The van der Waals surface area contributed by atoms with Gasteiger partial charge in [0.1, 0.15) is 5.60 Å². The molecule has 2 aromatic rings. The molecule has 0 aromatic carbocycles. The number of nitriles is 1. The molecule has 2 aromatic heterocycles. The van der Waals surface area contributed by atoms with Gasteiger partial charge in [0.05, 0.1) is 29.8 Å². The van der Waals surface area contributed by atoms with E-state index in [9.17, 15) is 10.1 Å². The van der Waals surface area contributed by atoms with Crippen LogP contribution in [0.25, 0.3) is 10.4 Å². The predicted molar refractivity (Wildman–Crippen MR) is 97.3 cm³/mol. The standard InChI is InChI=1S/C19H21N5O2/c1-18(2,3)26-17(25)22-16-14(21-6)13-8-7-12-11(10-20)9-19(4,5)15(12)24(13)23-16/h7-8,11H,9H2,1-5H3,(H,22,23,25). The van der Waals surface area contributed by atoms with Crippen LogP contribution in [0, 0.1) is 17.9 Å². The summed E-state index contributed by atoms with van der Waals surface area (Å²) in [6, 6.07) is 6.02. The number of fused-ring (bicyclic) bond motifs is 3. The Balaban J connectivity index is 2.13. The Morgan fingerprint density at radius 3 is 2.77 bits per heavy atom. The molecule has 2 heterocycles. The average Bonchev–Trinajstić information content (AvgIpc) is 2.98. The van der Waals surface area contributed by atoms with Crippen LogP contribution in [-0.2, 0) is 10.2 Å². The first-order valence-corrected chi connectivity index (χ1v) is 8.40. The number of anilines is 1. The maximum Gasteiger partial charge on any atom is 0.412 e. The summed E-state index contributed by atoms with van der Waals surface area (Å²) < 4.78 is 6.95. The Kier molecular flexibility index (Phi) is 3.92. The molecule has 0 fully saturated rings. The lowest BCUT2D eigenvalue weighted by molar-refractivity contribution is 0.0635. The summed E-state index contributed by atoms with van der Waals surface area (Å²) in [4.78, 5) is 15.7. The van der Waals surface area contributed by atoms with Crippen LogP contribution in [0.4, 0.5) is 16.3 Å². The van der Waals surface area contributed by atoms with Crippen molar-refractivity contribution in [3.05, 3.63) is 34.8 Å². The first-order chi connectivity index (χ1) is 12.1. The quantitative estimate of drug-likeness (QED) is 0.766. The van der Waals surface area contributed by atoms with Gasteiger partial charge in [-0.3, -0.25) is 5.32 Å². The van der Waals surface area contributed by atoms with Gasteiger partial charge in [0, 0.05) is 5.41 Å². The fourth-order valence-corrected chi connectivity index (χ4v) is 3.50. The van der Waals surface area contributed by atoms with Crippen molar-refractivity contribution in [3.63, 3.8) is 0 Å². The highest BCUT2D eigenvalue weighted by atomic mass is 16.6. The van der Waals surface area contributed by atoms with Crippen molar-refractivity contribution in [1.29, 1.82) is 5.26 Å². The second kappa shape index (κ2) is 5.74. The molecule has 0 saturated heterocycles. The van der Waals surface area contributed by atoms with E-state index in [2.05, 4.69) is 35.2 Å². The van der Waals surface area contributed by atoms with Crippen molar-refractivity contribution in [2.24, 2.45) is 0 Å². The number of pyridine rings is 1. The van der Waals surface area contributed by atoms with Gasteiger partial charge >= 0.3 is 6.09 Å². The average molecular weight is 351 g/mol. The lowest BCUT2D eigenvalue weighted by atomic mass is 9.89. The van der Waals surface area contributed by atoms with Crippen LogP contribution >= 0.6 is 0 Å². The van der Waals surface area contributed by atoms with Gasteiger partial charge in [0.25, 0.3) is 5.69 Å². The molecule has 1 amide bonds. The summed E-state index contributed by atoms with van der Waals surface area (Å²) in [6.07, 6.45) is 0.0385. The zero-order valence-corrected chi connectivity index (χ0v) is 15.5. The zero-order valence-electron chi connectivity index (χ0n) is 15.5. The van der Waals surface area contributed by atoms with Gasteiger partial charge < -0.3 is 4.74 Å². The molecular formula is C19H21N5O2. The Labute approximate surface area is 152 Å². The third-order valence-corrected chi connectivity index (χ3v) is 4.42. The minimum Gasteiger partial charge on any atom is -0.444 e. The Morgan fingerprint density at radius 2 is 2.19 bits per heavy atom. The number of aromatic nitrogens is 2. The second-order valence-corrected chi connectivity index (χ2v) is 8.14. The van der Waals surface area contributed by atoms with Gasteiger partial charge in [0.15, 0.2) is 5.82 Å². The number of amides is 1. The smallest absolute Gasteiger partial charge is 0.412 e. The Bertz CT molecular complexity index is 982. The van der Waals surface area contributed by atoms with E-state index in [1.807, 2.05) is 6.07 Å². The lowest BCUT2D eigenvalue weighted by Crippen LogP contribution is -2.27. The van der Waals surface area contributed by atoms with Crippen molar-refractivity contribution in [1.82, 2.24) is 9.61 Å². The first-order valence-electron chi connectivity index (χ1n) is 8.40.